The van der Waals surface area contributed by atoms with Gasteiger partial charge in [0.15, 0.2) is 0 Å². The lowest BCUT2D eigenvalue weighted by Gasteiger charge is -2.34. The van der Waals surface area contributed by atoms with Crippen molar-refractivity contribution in [3.63, 3.8) is 0 Å². The van der Waals surface area contributed by atoms with Gasteiger partial charge in [-0.1, -0.05) is 13.3 Å². The Morgan fingerprint density at radius 3 is 1.90 bits per heavy atom. The highest BCUT2D eigenvalue weighted by atomic mass is 28.1. The smallest absolute Gasteiger partial charge is 0.0649 e. The molecule has 62 valence electrons. The SMILES string of the molecule is CCC([SiH3])C(C)(NC)NC. The molecule has 1 atom stereocenters. The van der Waals surface area contributed by atoms with Crippen LogP contribution in [0.5, 0.6) is 0 Å². The van der Waals surface area contributed by atoms with E-state index < -0.39 is 0 Å². The minimum absolute atomic E-state index is 0.154. The molecule has 1 unspecified atom stereocenters. The van der Waals surface area contributed by atoms with Gasteiger partial charge in [-0.2, -0.15) is 0 Å². The van der Waals surface area contributed by atoms with Gasteiger partial charge in [0.1, 0.15) is 0 Å². The average molecular weight is 160 g/mol. The van der Waals surface area contributed by atoms with Crippen LogP contribution >= 0.6 is 0 Å². The second-order valence-electron chi connectivity index (χ2n) is 3.01. The fraction of sp³-hybridized carbons (Fsp3) is 1.00. The van der Waals surface area contributed by atoms with E-state index in [1.54, 1.807) is 0 Å². The van der Waals surface area contributed by atoms with E-state index in [4.69, 9.17) is 0 Å². The van der Waals surface area contributed by atoms with Crippen molar-refractivity contribution in [1.82, 2.24) is 10.6 Å². The Kier molecular flexibility index (Phi) is 4.16. The first-order valence-electron chi connectivity index (χ1n) is 3.98. The van der Waals surface area contributed by atoms with Crippen LogP contribution < -0.4 is 10.6 Å². The average Bonchev–Trinajstić information content (AvgIpc) is 2.01. The zero-order chi connectivity index (χ0) is 8.20. The van der Waals surface area contributed by atoms with Gasteiger partial charge < -0.3 is 10.6 Å². The van der Waals surface area contributed by atoms with Crippen LogP contribution in [0.1, 0.15) is 20.3 Å². The summed E-state index contributed by atoms with van der Waals surface area (Å²) in [5.74, 6) is 0. The van der Waals surface area contributed by atoms with Crippen LogP contribution in [0.15, 0.2) is 0 Å². The van der Waals surface area contributed by atoms with E-state index in [2.05, 4.69) is 24.5 Å². The van der Waals surface area contributed by atoms with Gasteiger partial charge in [-0.15, -0.1) is 0 Å². The molecule has 2 nitrogen and oxygen atoms in total. The van der Waals surface area contributed by atoms with Crippen LogP contribution in [0.3, 0.4) is 0 Å². The maximum atomic E-state index is 3.30. The summed E-state index contributed by atoms with van der Waals surface area (Å²) in [4.78, 5) is 0. The highest BCUT2D eigenvalue weighted by molar-refractivity contribution is 6.12. The molecule has 10 heavy (non-hydrogen) atoms. The molecule has 0 aromatic carbocycles. The molecule has 0 saturated heterocycles. The predicted molar refractivity (Wildman–Crippen MR) is 50.5 cm³/mol. The lowest BCUT2D eigenvalue weighted by atomic mass is 10.1. The zero-order valence-electron chi connectivity index (χ0n) is 7.78. The van der Waals surface area contributed by atoms with E-state index in [0.717, 1.165) is 5.54 Å². The molecule has 0 heterocycles. The Balaban J connectivity index is 4.02. The Bertz CT molecular complexity index is 91.6. The normalized spacial score (nSPS) is 15.6. The molecular weight excluding hydrogens is 140 g/mol. The van der Waals surface area contributed by atoms with Crippen LogP contribution in [0.2, 0.25) is 5.54 Å². The first-order chi connectivity index (χ1) is 4.60. The van der Waals surface area contributed by atoms with Gasteiger partial charge >= 0.3 is 0 Å². The molecule has 0 saturated carbocycles. The molecule has 0 aliphatic heterocycles. The summed E-state index contributed by atoms with van der Waals surface area (Å²) >= 11 is 0. The van der Waals surface area contributed by atoms with Crippen molar-refractivity contribution >= 4 is 10.2 Å². The lowest BCUT2D eigenvalue weighted by Crippen LogP contribution is -2.54. The van der Waals surface area contributed by atoms with Crippen LogP contribution in [-0.4, -0.2) is 30.0 Å². The third-order valence-corrected chi connectivity index (χ3v) is 4.61. The van der Waals surface area contributed by atoms with Crippen LogP contribution in [-0.2, 0) is 0 Å². The lowest BCUT2D eigenvalue weighted by molar-refractivity contribution is 0.302. The van der Waals surface area contributed by atoms with Gasteiger partial charge in [0, 0.05) is 10.2 Å². The van der Waals surface area contributed by atoms with Crippen molar-refractivity contribution in [3.8, 4) is 0 Å². The summed E-state index contributed by atoms with van der Waals surface area (Å²) in [6, 6.07) is 0. The Morgan fingerprint density at radius 2 is 1.80 bits per heavy atom. The number of hydrogen-bond acceptors (Lipinski definition) is 2. The molecule has 0 fully saturated rings. The third-order valence-electron chi connectivity index (χ3n) is 2.64. The highest BCUT2D eigenvalue weighted by Crippen LogP contribution is 2.18. The molecule has 0 aliphatic carbocycles. The van der Waals surface area contributed by atoms with E-state index in [1.165, 1.54) is 16.7 Å². The minimum atomic E-state index is 0.154. The first kappa shape index (κ1) is 10.1. The fourth-order valence-corrected chi connectivity index (χ4v) is 1.60. The van der Waals surface area contributed by atoms with E-state index in [1.807, 2.05) is 14.1 Å². The van der Waals surface area contributed by atoms with Gasteiger partial charge in [0.05, 0.1) is 5.66 Å². The standard InChI is InChI=1S/C7H20N2Si/c1-5-6(10)7(2,8-3)9-4/h6,8-9H,5H2,1-4,10H3. The molecule has 3 heteroatoms. The van der Waals surface area contributed by atoms with Crippen LogP contribution in [0, 0.1) is 0 Å². The molecule has 0 aromatic heterocycles. The van der Waals surface area contributed by atoms with Gasteiger partial charge in [-0.3, -0.25) is 0 Å². The quantitative estimate of drug-likeness (QED) is 0.436. The third kappa shape index (κ3) is 2.07. The number of rotatable bonds is 4. The maximum absolute atomic E-state index is 3.30. The van der Waals surface area contributed by atoms with Crippen molar-refractivity contribution < 1.29 is 0 Å². The molecule has 0 amide bonds. The topological polar surface area (TPSA) is 24.1 Å². The van der Waals surface area contributed by atoms with Gasteiger partial charge in [0.25, 0.3) is 0 Å². The summed E-state index contributed by atoms with van der Waals surface area (Å²) in [7, 11) is 5.26. The molecule has 0 bridgehead atoms. The van der Waals surface area contributed by atoms with E-state index in [9.17, 15) is 0 Å². The fourth-order valence-electron chi connectivity index (χ4n) is 1.03. The molecule has 0 rings (SSSR count). The second kappa shape index (κ2) is 4.11. The summed E-state index contributed by atoms with van der Waals surface area (Å²) in [6.07, 6.45) is 1.25. The summed E-state index contributed by atoms with van der Waals surface area (Å²) < 4.78 is 0. The van der Waals surface area contributed by atoms with Crippen molar-refractivity contribution in [2.45, 2.75) is 31.5 Å². The molecule has 0 aliphatic rings. The Labute approximate surface area is 67.2 Å². The monoisotopic (exact) mass is 160 g/mol. The molecular formula is C7H20N2Si. The van der Waals surface area contributed by atoms with E-state index in [-0.39, 0.29) is 5.66 Å². The summed E-state index contributed by atoms with van der Waals surface area (Å²) in [5.41, 5.74) is 0.948. The first-order valence-corrected chi connectivity index (χ1v) is 5.14. The Morgan fingerprint density at radius 1 is 1.40 bits per heavy atom. The number of hydrogen-bond donors (Lipinski definition) is 2. The molecule has 0 radical (unpaired) electrons. The number of nitrogens with one attached hydrogen (secondary N) is 2. The summed E-state index contributed by atoms with van der Waals surface area (Å²) in [6.45, 7) is 4.46. The van der Waals surface area contributed by atoms with Crippen molar-refractivity contribution in [3.05, 3.63) is 0 Å². The van der Waals surface area contributed by atoms with Gasteiger partial charge in [-0.25, -0.2) is 0 Å². The van der Waals surface area contributed by atoms with Crippen LogP contribution in [0.25, 0.3) is 0 Å². The van der Waals surface area contributed by atoms with Crippen molar-refractivity contribution in [2.75, 3.05) is 14.1 Å². The van der Waals surface area contributed by atoms with E-state index >= 15 is 0 Å². The van der Waals surface area contributed by atoms with Gasteiger partial charge in [-0.05, 0) is 26.6 Å². The molecule has 0 aromatic rings. The minimum Gasteiger partial charge on any atom is -0.303 e. The van der Waals surface area contributed by atoms with E-state index in [0.29, 0.717) is 0 Å². The molecule has 2 N–H and O–H groups in total. The van der Waals surface area contributed by atoms with Crippen molar-refractivity contribution in [2.24, 2.45) is 0 Å². The zero-order valence-corrected chi connectivity index (χ0v) is 9.78. The predicted octanol–water partition coefficient (Wildman–Crippen LogP) is -0.295. The summed E-state index contributed by atoms with van der Waals surface area (Å²) in [5, 5.41) is 6.60. The maximum Gasteiger partial charge on any atom is 0.0649 e. The highest BCUT2D eigenvalue weighted by Gasteiger charge is 2.24. The largest absolute Gasteiger partial charge is 0.303 e. The second-order valence-corrected chi connectivity index (χ2v) is 4.41. The van der Waals surface area contributed by atoms with Crippen LogP contribution in [0.4, 0.5) is 0 Å². The Hall–Kier alpha value is 0.137. The van der Waals surface area contributed by atoms with Gasteiger partial charge in [0.2, 0.25) is 0 Å². The molecule has 0 spiro atoms. The van der Waals surface area contributed by atoms with Crippen molar-refractivity contribution in [1.29, 1.82) is 0 Å².